The molecule has 0 aliphatic rings. The Morgan fingerprint density at radius 1 is 1.32 bits per heavy atom. The summed E-state index contributed by atoms with van der Waals surface area (Å²) in [5, 5.41) is 3.47. The van der Waals surface area contributed by atoms with Gasteiger partial charge >= 0.3 is 5.97 Å². The minimum absolute atomic E-state index is 0.295. The summed E-state index contributed by atoms with van der Waals surface area (Å²) in [6.07, 6.45) is 3.49. The maximum absolute atomic E-state index is 11.4. The van der Waals surface area contributed by atoms with Gasteiger partial charge in [-0.25, -0.2) is 0 Å². The Labute approximate surface area is 134 Å². The van der Waals surface area contributed by atoms with E-state index >= 15 is 0 Å². The molecule has 0 aliphatic carbocycles. The van der Waals surface area contributed by atoms with E-state index in [0.29, 0.717) is 18.9 Å². The standard InChI is InChI=1S/C18H29N2O2/c1-3-15(16-10-6-5-7-11-16)14-20-13-9-8-12-17(19)18(21)22-4-2/h5-7,10-11,15,17,20H,1,3-4,8-9,12-14,19H2,2H3. The molecule has 4 nitrogen and oxygen atoms in total. The van der Waals surface area contributed by atoms with E-state index in [0.717, 1.165) is 32.4 Å². The molecule has 1 rings (SSSR count). The Morgan fingerprint density at radius 3 is 2.68 bits per heavy atom. The van der Waals surface area contributed by atoms with Crippen molar-refractivity contribution in [3.05, 3.63) is 42.8 Å². The highest BCUT2D eigenvalue weighted by Gasteiger charge is 2.13. The second-order valence-corrected chi connectivity index (χ2v) is 5.45. The fourth-order valence-corrected chi connectivity index (χ4v) is 2.37. The Bertz CT molecular complexity index is 409. The summed E-state index contributed by atoms with van der Waals surface area (Å²) >= 11 is 0. The molecule has 123 valence electrons. The molecule has 1 aromatic rings. The first-order chi connectivity index (χ1) is 10.7. The third-order valence-corrected chi connectivity index (χ3v) is 3.72. The number of nitrogens with two attached hydrogens (primary N) is 1. The molecular weight excluding hydrogens is 276 g/mol. The van der Waals surface area contributed by atoms with E-state index < -0.39 is 6.04 Å². The minimum Gasteiger partial charge on any atom is -0.465 e. The fourth-order valence-electron chi connectivity index (χ4n) is 2.37. The van der Waals surface area contributed by atoms with Crippen LogP contribution < -0.4 is 11.1 Å². The second kappa shape index (κ2) is 11.2. The first kappa shape index (κ1) is 18.7. The first-order valence-electron chi connectivity index (χ1n) is 8.16. The van der Waals surface area contributed by atoms with Crippen LogP contribution in [0.1, 0.15) is 44.1 Å². The number of nitrogens with one attached hydrogen (secondary N) is 1. The van der Waals surface area contributed by atoms with E-state index in [-0.39, 0.29) is 5.97 Å². The van der Waals surface area contributed by atoms with Crippen LogP contribution in [-0.2, 0) is 9.53 Å². The molecular formula is C18H29N2O2. The zero-order valence-electron chi connectivity index (χ0n) is 13.6. The quantitative estimate of drug-likeness (QED) is 0.487. The summed E-state index contributed by atoms with van der Waals surface area (Å²) in [4.78, 5) is 11.4. The van der Waals surface area contributed by atoms with Gasteiger partial charge < -0.3 is 15.8 Å². The summed E-state index contributed by atoms with van der Waals surface area (Å²) in [5.41, 5.74) is 7.09. The average Bonchev–Trinajstić information content (AvgIpc) is 2.55. The topological polar surface area (TPSA) is 64.3 Å². The smallest absolute Gasteiger partial charge is 0.322 e. The van der Waals surface area contributed by atoms with Crippen LogP contribution in [0, 0.1) is 6.92 Å². The molecule has 0 saturated carbocycles. The van der Waals surface area contributed by atoms with Crippen molar-refractivity contribution in [2.75, 3.05) is 19.7 Å². The van der Waals surface area contributed by atoms with Gasteiger partial charge in [-0.3, -0.25) is 4.79 Å². The van der Waals surface area contributed by atoms with Crippen molar-refractivity contribution < 1.29 is 9.53 Å². The van der Waals surface area contributed by atoms with Crippen LogP contribution in [0.15, 0.2) is 30.3 Å². The monoisotopic (exact) mass is 305 g/mol. The van der Waals surface area contributed by atoms with Crippen molar-refractivity contribution >= 4 is 5.97 Å². The van der Waals surface area contributed by atoms with Gasteiger partial charge in [-0.2, -0.15) is 0 Å². The third-order valence-electron chi connectivity index (χ3n) is 3.72. The van der Waals surface area contributed by atoms with E-state index in [2.05, 4.69) is 36.5 Å². The fraction of sp³-hybridized carbons (Fsp3) is 0.556. The van der Waals surface area contributed by atoms with Gasteiger partial charge in [0.15, 0.2) is 0 Å². The molecule has 1 radical (unpaired) electrons. The predicted molar refractivity (Wildman–Crippen MR) is 90.5 cm³/mol. The number of carbonyl (C=O) groups is 1. The van der Waals surface area contributed by atoms with Crippen molar-refractivity contribution in [1.82, 2.24) is 5.32 Å². The van der Waals surface area contributed by atoms with Crippen molar-refractivity contribution in [2.45, 2.75) is 44.6 Å². The van der Waals surface area contributed by atoms with Gasteiger partial charge in [0.2, 0.25) is 0 Å². The average molecular weight is 305 g/mol. The van der Waals surface area contributed by atoms with Gasteiger partial charge in [0.1, 0.15) is 6.04 Å². The van der Waals surface area contributed by atoms with E-state index in [4.69, 9.17) is 10.5 Å². The zero-order valence-corrected chi connectivity index (χ0v) is 13.6. The Balaban J connectivity index is 2.13. The van der Waals surface area contributed by atoms with Crippen LogP contribution in [0.2, 0.25) is 0 Å². The molecule has 1 aromatic carbocycles. The van der Waals surface area contributed by atoms with Crippen molar-refractivity contribution in [3.8, 4) is 0 Å². The number of ether oxygens (including phenoxy) is 1. The summed E-state index contributed by atoms with van der Waals surface area (Å²) in [6.45, 7) is 8.07. The molecule has 0 spiro atoms. The van der Waals surface area contributed by atoms with E-state index in [9.17, 15) is 4.79 Å². The van der Waals surface area contributed by atoms with Gasteiger partial charge in [0.25, 0.3) is 0 Å². The van der Waals surface area contributed by atoms with E-state index in [1.807, 2.05) is 6.07 Å². The number of unbranched alkanes of at least 4 members (excludes halogenated alkanes) is 1. The van der Waals surface area contributed by atoms with E-state index in [1.54, 1.807) is 6.92 Å². The van der Waals surface area contributed by atoms with Gasteiger partial charge in [-0.15, -0.1) is 0 Å². The van der Waals surface area contributed by atoms with Crippen LogP contribution in [-0.4, -0.2) is 31.7 Å². The van der Waals surface area contributed by atoms with Crippen LogP contribution in [0.5, 0.6) is 0 Å². The molecule has 22 heavy (non-hydrogen) atoms. The number of hydrogen-bond donors (Lipinski definition) is 2. The third kappa shape index (κ3) is 7.05. The van der Waals surface area contributed by atoms with E-state index in [1.165, 1.54) is 5.56 Å². The lowest BCUT2D eigenvalue weighted by Gasteiger charge is -2.16. The molecule has 0 aromatic heterocycles. The molecule has 0 fully saturated rings. The molecule has 0 saturated heterocycles. The Hall–Kier alpha value is -1.39. The highest BCUT2D eigenvalue weighted by molar-refractivity contribution is 5.75. The molecule has 0 aliphatic heterocycles. The normalized spacial score (nSPS) is 13.6. The molecule has 0 amide bonds. The lowest BCUT2D eigenvalue weighted by molar-refractivity contribution is -0.144. The van der Waals surface area contributed by atoms with Crippen molar-refractivity contribution in [1.29, 1.82) is 0 Å². The lowest BCUT2D eigenvalue weighted by Crippen LogP contribution is -2.32. The molecule has 0 heterocycles. The molecule has 4 heteroatoms. The first-order valence-corrected chi connectivity index (χ1v) is 8.16. The number of esters is 1. The van der Waals surface area contributed by atoms with Gasteiger partial charge in [0, 0.05) is 6.54 Å². The number of carbonyl (C=O) groups excluding carboxylic acids is 1. The highest BCUT2D eigenvalue weighted by atomic mass is 16.5. The molecule has 3 N–H and O–H groups in total. The lowest BCUT2D eigenvalue weighted by atomic mass is 9.96. The number of benzene rings is 1. The van der Waals surface area contributed by atoms with Crippen LogP contribution in [0.4, 0.5) is 0 Å². The highest BCUT2D eigenvalue weighted by Crippen LogP contribution is 2.17. The van der Waals surface area contributed by atoms with Crippen LogP contribution in [0.3, 0.4) is 0 Å². The summed E-state index contributed by atoms with van der Waals surface area (Å²) in [7, 11) is 0. The maximum atomic E-state index is 11.4. The Morgan fingerprint density at radius 2 is 2.05 bits per heavy atom. The second-order valence-electron chi connectivity index (χ2n) is 5.45. The molecule has 2 atom stereocenters. The number of rotatable bonds is 11. The minimum atomic E-state index is -0.489. The van der Waals surface area contributed by atoms with Gasteiger partial charge in [-0.05, 0) is 44.2 Å². The van der Waals surface area contributed by atoms with Gasteiger partial charge in [0.05, 0.1) is 6.61 Å². The maximum Gasteiger partial charge on any atom is 0.322 e. The molecule has 0 bridgehead atoms. The number of hydrogen-bond acceptors (Lipinski definition) is 4. The molecule has 2 unspecified atom stereocenters. The van der Waals surface area contributed by atoms with Crippen molar-refractivity contribution in [2.24, 2.45) is 5.73 Å². The van der Waals surface area contributed by atoms with Gasteiger partial charge in [-0.1, -0.05) is 43.7 Å². The summed E-state index contributed by atoms with van der Waals surface area (Å²) in [6, 6.07) is 9.97. The van der Waals surface area contributed by atoms with Crippen molar-refractivity contribution in [3.63, 3.8) is 0 Å². The van der Waals surface area contributed by atoms with Crippen LogP contribution in [0.25, 0.3) is 0 Å². The predicted octanol–water partition coefficient (Wildman–Crippen LogP) is 2.64. The summed E-state index contributed by atoms with van der Waals surface area (Å²) in [5.74, 6) is 0.152. The summed E-state index contributed by atoms with van der Waals surface area (Å²) < 4.78 is 4.89. The Kier molecular flexibility index (Phi) is 9.51. The largest absolute Gasteiger partial charge is 0.465 e. The zero-order chi connectivity index (χ0) is 16.2. The van der Waals surface area contributed by atoms with Crippen LogP contribution >= 0.6 is 0 Å². The SMILES string of the molecule is [CH2]CC(CNCCCCC(N)C(=O)OCC)c1ccccc1.